The molecule has 1 N–H and O–H groups in total. The lowest BCUT2D eigenvalue weighted by molar-refractivity contribution is 0.396. The van der Waals surface area contributed by atoms with E-state index in [-0.39, 0.29) is 0 Å². The minimum Gasteiger partial charge on any atom is -0.312 e. The second-order valence-corrected chi connectivity index (χ2v) is 6.00. The molecule has 1 saturated heterocycles. The monoisotopic (exact) mass is 269 g/mol. The number of likely N-dealkylation sites (N-methyl/N-ethyl adjacent to an activating group) is 1. The largest absolute Gasteiger partial charge is 0.312 e. The molecule has 1 aliphatic rings. The van der Waals surface area contributed by atoms with Crippen molar-refractivity contribution in [1.29, 1.82) is 0 Å². The number of pyridine rings is 1. The third-order valence-corrected chi connectivity index (χ3v) is 4.31. The molecular formula is C17H23N3. The maximum absolute atomic E-state index is 4.52. The molecule has 20 heavy (non-hydrogen) atoms. The Morgan fingerprint density at radius 3 is 2.90 bits per heavy atom. The fourth-order valence-electron chi connectivity index (χ4n) is 3.24. The molecule has 0 saturated carbocycles. The minimum atomic E-state index is 0.628. The zero-order valence-electron chi connectivity index (χ0n) is 12.3. The Morgan fingerprint density at radius 1 is 1.25 bits per heavy atom. The van der Waals surface area contributed by atoms with Crippen molar-refractivity contribution in [2.45, 2.75) is 19.4 Å². The second-order valence-electron chi connectivity index (χ2n) is 6.00. The van der Waals surface area contributed by atoms with Gasteiger partial charge in [-0.25, -0.2) is 0 Å². The zero-order chi connectivity index (χ0) is 13.9. The van der Waals surface area contributed by atoms with Gasteiger partial charge in [0.2, 0.25) is 0 Å². The van der Waals surface area contributed by atoms with E-state index in [0.717, 1.165) is 30.9 Å². The maximum atomic E-state index is 4.52. The summed E-state index contributed by atoms with van der Waals surface area (Å²) in [7, 11) is 2.20. The number of hydrogen-bond donors (Lipinski definition) is 1. The van der Waals surface area contributed by atoms with Gasteiger partial charge >= 0.3 is 0 Å². The number of nitrogens with one attached hydrogen (secondary N) is 1. The summed E-state index contributed by atoms with van der Waals surface area (Å²) in [5.74, 6) is 0.741. The first-order valence-electron chi connectivity index (χ1n) is 7.48. The van der Waals surface area contributed by atoms with Crippen LogP contribution >= 0.6 is 0 Å². The molecule has 1 aromatic carbocycles. The SMILES string of the molecule is C[C@@H]1CN(C)C[C@@H]1NCCc1cccc2cccnc12. The zero-order valence-corrected chi connectivity index (χ0v) is 12.3. The summed E-state index contributed by atoms with van der Waals surface area (Å²) >= 11 is 0. The van der Waals surface area contributed by atoms with Gasteiger partial charge in [0.15, 0.2) is 0 Å². The standard InChI is InChI=1S/C17H23N3/c1-13-11-20(2)12-16(13)18-10-8-15-6-3-5-14-7-4-9-19-17(14)15/h3-7,9,13,16,18H,8,10-12H2,1-2H3/t13-,16+/m1/s1. The molecule has 2 atom stereocenters. The summed E-state index contributed by atoms with van der Waals surface area (Å²) in [5, 5.41) is 4.94. The van der Waals surface area contributed by atoms with Gasteiger partial charge in [0.05, 0.1) is 5.52 Å². The maximum Gasteiger partial charge on any atom is 0.0734 e. The fourth-order valence-corrected chi connectivity index (χ4v) is 3.24. The van der Waals surface area contributed by atoms with Crippen LogP contribution < -0.4 is 5.32 Å². The van der Waals surface area contributed by atoms with Crippen molar-refractivity contribution in [3.05, 3.63) is 42.1 Å². The van der Waals surface area contributed by atoms with E-state index in [1.54, 1.807) is 0 Å². The van der Waals surface area contributed by atoms with Gasteiger partial charge in [-0.15, -0.1) is 0 Å². The van der Waals surface area contributed by atoms with Crippen molar-refractivity contribution in [2.75, 3.05) is 26.7 Å². The van der Waals surface area contributed by atoms with Gasteiger partial charge in [-0.2, -0.15) is 0 Å². The summed E-state index contributed by atoms with van der Waals surface area (Å²) in [6, 6.07) is 11.2. The van der Waals surface area contributed by atoms with Crippen LogP contribution in [0.4, 0.5) is 0 Å². The number of rotatable bonds is 4. The Morgan fingerprint density at radius 2 is 2.10 bits per heavy atom. The van der Waals surface area contributed by atoms with Gasteiger partial charge in [-0.3, -0.25) is 4.98 Å². The Labute approximate surface area is 121 Å². The number of likely N-dealkylation sites (tertiary alicyclic amines) is 1. The average Bonchev–Trinajstić information content (AvgIpc) is 2.77. The number of hydrogen-bond acceptors (Lipinski definition) is 3. The molecule has 0 bridgehead atoms. The van der Waals surface area contributed by atoms with Gasteiger partial charge < -0.3 is 10.2 Å². The highest BCUT2D eigenvalue weighted by Crippen LogP contribution is 2.17. The predicted octanol–water partition coefficient (Wildman–Crippen LogP) is 2.32. The van der Waals surface area contributed by atoms with E-state index in [2.05, 4.69) is 53.4 Å². The Hall–Kier alpha value is -1.45. The molecule has 1 aliphatic heterocycles. The highest BCUT2D eigenvalue weighted by molar-refractivity contribution is 5.81. The fraction of sp³-hybridized carbons (Fsp3) is 0.471. The molecule has 0 unspecified atom stereocenters. The summed E-state index contributed by atoms with van der Waals surface area (Å²) in [6.07, 6.45) is 2.93. The molecule has 1 fully saturated rings. The summed E-state index contributed by atoms with van der Waals surface area (Å²) in [5.41, 5.74) is 2.49. The molecule has 0 radical (unpaired) electrons. The molecule has 1 aromatic heterocycles. The van der Waals surface area contributed by atoms with Gasteiger partial charge in [-0.05, 0) is 37.6 Å². The van der Waals surface area contributed by atoms with Crippen LogP contribution in [0, 0.1) is 5.92 Å². The van der Waals surface area contributed by atoms with Crippen molar-refractivity contribution in [3.8, 4) is 0 Å². The smallest absolute Gasteiger partial charge is 0.0734 e. The molecule has 0 spiro atoms. The topological polar surface area (TPSA) is 28.2 Å². The Balaban J connectivity index is 1.63. The van der Waals surface area contributed by atoms with Crippen molar-refractivity contribution >= 4 is 10.9 Å². The van der Waals surface area contributed by atoms with Crippen LogP contribution in [0.2, 0.25) is 0 Å². The van der Waals surface area contributed by atoms with Crippen LogP contribution in [-0.2, 0) is 6.42 Å². The van der Waals surface area contributed by atoms with Crippen LogP contribution in [0.25, 0.3) is 10.9 Å². The number of aromatic nitrogens is 1. The quantitative estimate of drug-likeness (QED) is 0.923. The van der Waals surface area contributed by atoms with Crippen molar-refractivity contribution in [3.63, 3.8) is 0 Å². The number of fused-ring (bicyclic) bond motifs is 1. The first kappa shape index (κ1) is 13.5. The van der Waals surface area contributed by atoms with E-state index in [4.69, 9.17) is 0 Å². The third kappa shape index (κ3) is 2.84. The molecule has 2 aromatic rings. The van der Waals surface area contributed by atoms with Crippen LogP contribution in [0.15, 0.2) is 36.5 Å². The summed E-state index contributed by atoms with van der Waals surface area (Å²) < 4.78 is 0. The molecule has 2 heterocycles. The molecule has 0 amide bonds. The number of nitrogens with zero attached hydrogens (tertiary/aromatic N) is 2. The molecule has 3 heteroatoms. The van der Waals surface area contributed by atoms with Crippen molar-refractivity contribution in [1.82, 2.24) is 15.2 Å². The third-order valence-electron chi connectivity index (χ3n) is 4.31. The first-order chi connectivity index (χ1) is 9.74. The van der Waals surface area contributed by atoms with E-state index in [9.17, 15) is 0 Å². The number of para-hydroxylation sites is 1. The van der Waals surface area contributed by atoms with Gasteiger partial charge in [0, 0.05) is 30.7 Å². The molecule has 3 nitrogen and oxygen atoms in total. The normalized spacial score (nSPS) is 23.5. The lowest BCUT2D eigenvalue weighted by Gasteiger charge is -2.16. The highest BCUT2D eigenvalue weighted by Gasteiger charge is 2.26. The van der Waals surface area contributed by atoms with Gasteiger partial charge in [0.25, 0.3) is 0 Å². The van der Waals surface area contributed by atoms with Crippen LogP contribution in [-0.4, -0.2) is 42.6 Å². The van der Waals surface area contributed by atoms with Gasteiger partial charge in [0.1, 0.15) is 0 Å². The van der Waals surface area contributed by atoms with Gasteiger partial charge in [-0.1, -0.05) is 31.2 Å². The molecular weight excluding hydrogens is 246 g/mol. The Bertz CT molecular complexity index is 576. The lowest BCUT2D eigenvalue weighted by Crippen LogP contribution is -2.36. The predicted molar refractivity (Wildman–Crippen MR) is 83.9 cm³/mol. The van der Waals surface area contributed by atoms with E-state index >= 15 is 0 Å². The number of benzene rings is 1. The lowest BCUT2D eigenvalue weighted by atomic mass is 10.0. The van der Waals surface area contributed by atoms with Crippen molar-refractivity contribution < 1.29 is 0 Å². The van der Waals surface area contributed by atoms with E-state index in [0.29, 0.717) is 6.04 Å². The average molecular weight is 269 g/mol. The van der Waals surface area contributed by atoms with Crippen LogP contribution in [0.1, 0.15) is 12.5 Å². The van der Waals surface area contributed by atoms with Crippen molar-refractivity contribution in [2.24, 2.45) is 5.92 Å². The highest BCUT2D eigenvalue weighted by atomic mass is 15.2. The van der Waals surface area contributed by atoms with Crippen LogP contribution in [0.3, 0.4) is 0 Å². The molecule has 106 valence electrons. The molecule has 3 rings (SSSR count). The van der Waals surface area contributed by atoms with Crippen LogP contribution in [0.5, 0.6) is 0 Å². The molecule has 0 aliphatic carbocycles. The first-order valence-corrected chi connectivity index (χ1v) is 7.48. The summed E-state index contributed by atoms with van der Waals surface area (Å²) in [4.78, 5) is 6.93. The van der Waals surface area contributed by atoms with E-state index < -0.39 is 0 Å². The second kappa shape index (κ2) is 5.90. The van der Waals surface area contributed by atoms with E-state index in [1.807, 2.05) is 12.3 Å². The Kier molecular flexibility index (Phi) is 3.99. The minimum absolute atomic E-state index is 0.628. The summed E-state index contributed by atoms with van der Waals surface area (Å²) in [6.45, 7) is 5.72. The van der Waals surface area contributed by atoms with E-state index in [1.165, 1.54) is 17.5 Å².